The van der Waals surface area contributed by atoms with Gasteiger partial charge in [0.25, 0.3) is 11.8 Å². The molecule has 43 heavy (non-hydrogen) atoms. The van der Waals surface area contributed by atoms with Crippen LogP contribution < -0.4 is 5.32 Å². The highest BCUT2D eigenvalue weighted by atomic mass is 79.9. The minimum atomic E-state index is -2.01. The first-order valence-electron chi connectivity index (χ1n) is 15.5. The number of aliphatic hydroxyl groups is 1. The summed E-state index contributed by atoms with van der Waals surface area (Å²) in [4.78, 5) is 50.8. The van der Waals surface area contributed by atoms with E-state index in [1.807, 2.05) is 33.0 Å². The molecule has 0 saturated carbocycles. The number of carbonyl (C=O) groups is 3. The monoisotopic (exact) mass is 653 g/mol. The summed E-state index contributed by atoms with van der Waals surface area (Å²) in [6.45, 7) is 8.57. The minimum absolute atomic E-state index is 0.104. The molecule has 0 spiro atoms. The number of aromatic amines is 1. The average Bonchev–Trinajstić information content (AvgIpc) is 3.63. The van der Waals surface area contributed by atoms with Gasteiger partial charge in [-0.15, -0.1) is 0 Å². The van der Waals surface area contributed by atoms with E-state index >= 15 is 0 Å². The van der Waals surface area contributed by atoms with Crippen molar-refractivity contribution in [1.82, 2.24) is 25.0 Å². The second-order valence-corrected chi connectivity index (χ2v) is 14.5. The van der Waals surface area contributed by atoms with Crippen LogP contribution in [-0.4, -0.2) is 92.4 Å². The van der Waals surface area contributed by atoms with Gasteiger partial charge in [0.15, 0.2) is 0 Å². The summed E-state index contributed by atoms with van der Waals surface area (Å²) in [7, 11) is 2.03. The lowest BCUT2D eigenvalue weighted by atomic mass is 9.79. The van der Waals surface area contributed by atoms with Crippen LogP contribution in [0.4, 0.5) is 0 Å². The van der Waals surface area contributed by atoms with Gasteiger partial charge in [-0.05, 0) is 77.3 Å². The van der Waals surface area contributed by atoms with Crippen LogP contribution in [0.2, 0.25) is 0 Å². The zero-order chi connectivity index (χ0) is 30.6. The van der Waals surface area contributed by atoms with Crippen LogP contribution in [0.5, 0.6) is 0 Å². The highest BCUT2D eigenvalue weighted by Gasteiger charge is 2.72. The van der Waals surface area contributed by atoms with E-state index in [2.05, 4.69) is 43.3 Å². The Morgan fingerprint density at radius 3 is 2.74 bits per heavy atom. The molecule has 1 aromatic carbocycles. The highest BCUT2D eigenvalue weighted by Crippen LogP contribution is 2.49. The van der Waals surface area contributed by atoms with Crippen molar-refractivity contribution >= 4 is 50.1 Å². The van der Waals surface area contributed by atoms with E-state index in [0.717, 1.165) is 34.1 Å². The van der Waals surface area contributed by atoms with Gasteiger partial charge in [-0.3, -0.25) is 28.9 Å². The smallest absolute Gasteiger partial charge is 0.281 e. The number of H-pyrrole nitrogens is 1. The van der Waals surface area contributed by atoms with Crippen molar-refractivity contribution in [2.75, 3.05) is 20.1 Å². The Hall–Kier alpha value is -2.73. The number of hydrogen-bond donors (Lipinski definition) is 3. The molecule has 3 amide bonds. The van der Waals surface area contributed by atoms with Gasteiger partial charge in [0.05, 0.1) is 10.5 Å². The second kappa shape index (κ2) is 9.89. The fraction of sp³-hybridized carbons (Fsp3) is 0.594. The Bertz CT molecular complexity index is 1570. The largest absolute Gasteiger partial charge is 0.349 e. The maximum atomic E-state index is 14.4. The van der Waals surface area contributed by atoms with Crippen LogP contribution in [0.1, 0.15) is 58.1 Å². The number of amides is 3. The van der Waals surface area contributed by atoms with Crippen LogP contribution in [-0.2, 0) is 25.5 Å². The maximum Gasteiger partial charge on any atom is 0.281 e. The van der Waals surface area contributed by atoms with Gasteiger partial charge in [0, 0.05) is 36.0 Å². The van der Waals surface area contributed by atoms with Gasteiger partial charge in [-0.2, -0.15) is 0 Å². The van der Waals surface area contributed by atoms with Crippen molar-refractivity contribution in [3.8, 4) is 0 Å². The molecular weight excluding hydrogens is 614 g/mol. The van der Waals surface area contributed by atoms with Crippen molar-refractivity contribution in [1.29, 1.82) is 0 Å². The molecule has 3 saturated heterocycles. The number of fused-ring (bicyclic) bond motifs is 5. The van der Waals surface area contributed by atoms with E-state index in [-0.39, 0.29) is 23.8 Å². The Labute approximate surface area is 259 Å². The molecule has 4 aliphatic heterocycles. The molecule has 230 valence electrons. The Kier molecular flexibility index (Phi) is 6.67. The molecule has 6 atom stereocenters. The van der Waals surface area contributed by atoms with Gasteiger partial charge in [-0.1, -0.05) is 45.9 Å². The van der Waals surface area contributed by atoms with E-state index in [4.69, 9.17) is 4.74 Å². The summed E-state index contributed by atoms with van der Waals surface area (Å²) in [6, 6.07) is 4.76. The molecular formula is C32H40BrN5O5. The molecule has 3 N–H and O–H groups in total. The number of benzene rings is 1. The number of aromatic nitrogens is 1. The van der Waals surface area contributed by atoms with Crippen molar-refractivity contribution in [3.05, 3.63) is 40.0 Å². The van der Waals surface area contributed by atoms with Crippen LogP contribution in [0, 0.1) is 17.8 Å². The number of likely N-dealkylation sites (N-methyl/N-ethyl adjacent to an activating group) is 1. The maximum absolute atomic E-state index is 14.4. The summed E-state index contributed by atoms with van der Waals surface area (Å²) < 4.78 is 7.43. The first kappa shape index (κ1) is 29.0. The third kappa shape index (κ3) is 4.04. The molecule has 2 aromatic rings. The molecule has 5 aliphatic rings. The average molecular weight is 655 g/mol. The van der Waals surface area contributed by atoms with Crippen molar-refractivity contribution < 1.29 is 24.2 Å². The van der Waals surface area contributed by atoms with E-state index < -0.39 is 41.5 Å². The lowest BCUT2D eigenvalue weighted by Crippen LogP contribution is -2.71. The summed E-state index contributed by atoms with van der Waals surface area (Å²) in [5, 5.41) is 16.3. The molecule has 10 nitrogen and oxygen atoms in total. The predicted molar refractivity (Wildman–Crippen MR) is 164 cm³/mol. The zero-order valence-electron chi connectivity index (χ0n) is 25.3. The Balaban J connectivity index is 1.25. The third-order valence-corrected chi connectivity index (χ3v) is 10.9. The molecule has 1 aromatic heterocycles. The topological polar surface area (TPSA) is 118 Å². The number of piperazine rings is 1. The predicted octanol–water partition coefficient (Wildman–Crippen LogP) is 3.19. The van der Waals surface area contributed by atoms with E-state index in [1.54, 1.807) is 18.7 Å². The fourth-order valence-electron chi connectivity index (χ4n) is 8.15. The minimum Gasteiger partial charge on any atom is -0.349 e. The van der Waals surface area contributed by atoms with Crippen LogP contribution in [0.15, 0.2) is 28.9 Å². The van der Waals surface area contributed by atoms with Crippen LogP contribution in [0.25, 0.3) is 16.5 Å². The molecule has 0 bridgehead atoms. The summed E-state index contributed by atoms with van der Waals surface area (Å²) in [5.74, 6) is -4.01. The number of nitrogens with one attached hydrogen (secondary N) is 2. The summed E-state index contributed by atoms with van der Waals surface area (Å²) >= 11 is 3.70. The SMILES string of the molecule is CC(C)C[C@H]1C(=O)N2CCC[C@H]2[C@]2(O)O[C@](NC(=O)[C@@H]3C=C4c5cccc6[nH]c(Br)c(c56)C[C@@H]4N(C)C3)(C(C)C)C(=O)N12. The molecule has 5 heterocycles. The molecule has 0 radical (unpaired) electrons. The van der Waals surface area contributed by atoms with Gasteiger partial charge < -0.3 is 20.3 Å². The van der Waals surface area contributed by atoms with E-state index in [0.29, 0.717) is 25.9 Å². The Morgan fingerprint density at radius 1 is 1.26 bits per heavy atom. The quantitative estimate of drug-likeness (QED) is 0.456. The molecule has 3 fully saturated rings. The van der Waals surface area contributed by atoms with Crippen LogP contribution in [0.3, 0.4) is 0 Å². The third-order valence-electron chi connectivity index (χ3n) is 10.3. The molecule has 0 unspecified atom stereocenters. The van der Waals surface area contributed by atoms with Gasteiger partial charge in [0.1, 0.15) is 12.1 Å². The standard InChI is InChI=1S/C32H40BrN5O5/c1-16(2)12-24-29(40)37-11-7-10-25(37)32(42)38(24)30(41)31(43-32,17(3)4)35-28(39)18-13-20-19-8-6-9-22-26(19)21(27(33)34-22)14-23(20)36(5)15-18/h6,8-9,13,16-18,23-25,34,42H,7,10-12,14-15H2,1-5H3,(H,35,39)/t18-,23+,24+,25+,31-,32+/m1/s1. The lowest BCUT2D eigenvalue weighted by Gasteiger charge is -2.49. The zero-order valence-corrected chi connectivity index (χ0v) is 26.9. The Morgan fingerprint density at radius 2 is 2.02 bits per heavy atom. The van der Waals surface area contributed by atoms with Crippen molar-refractivity contribution in [2.45, 2.75) is 83.1 Å². The summed E-state index contributed by atoms with van der Waals surface area (Å²) in [6.07, 6.45) is 4.49. The molecule has 11 heteroatoms. The van der Waals surface area contributed by atoms with Gasteiger partial charge in [-0.25, -0.2) is 0 Å². The number of nitrogens with zero attached hydrogens (tertiary/aromatic N) is 3. The van der Waals surface area contributed by atoms with Gasteiger partial charge >= 0.3 is 0 Å². The van der Waals surface area contributed by atoms with Crippen LogP contribution >= 0.6 is 15.9 Å². The first-order chi connectivity index (χ1) is 20.4. The van der Waals surface area contributed by atoms with Gasteiger partial charge in [0.2, 0.25) is 17.5 Å². The number of halogens is 1. The first-order valence-corrected chi connectivity index (χ1v) is 16.3. The fourth-order valence-corrected chi connectivity index (χ4v) is 8.72. The number of rotatable bonds is 5. The van der Waals surface area contributed by atoms with E-state index in [1.165, 1.54) is 15.8 Å². The van der Waals surface area contributed by atoms with Crippen molar-refractivity contribution in [3.63, 3.8) is 0 Å². The van der Waals surface area contributed by atoms with E-state index in [9.17, 15) is 19.5 Å². The second-order valence-electron chi connectivity index (χ2n) is 13.7. The number of hydrogen-bond acceptors (Lipinski definition) is 6. The molecule has 1 aliphatic carbocycles. The van der Waals surface area contributed by atoms with Crippen molar-refractivity contribution in [2.24, 2.45) is 17.8 Å². The number of carbonyl (C=O) groups excluding carboxylic acids is 3. The normalized spacial score (nSPS) is 33.7. The molecule has 7 rings (SSSR count). The number of ether oxygens (including phenoxy) is 1. The lowest BCUT2D eigenvalue weighted by molar-refractivity contribution is -0.322. The highest BCUT2D eigenvalue weighted by molar-refractivity contribution is 9.10. The summed E-state index contributed by atoms with van der Waals surface area (Å²) in [5.41, 5.74) is 2.68.